The predicted octanol–water partition coefficient (Wildman–Crippen LogP) is 3.33. The largest absolute Gasteiger partial charge is 0.378 e. The summed E-state index contributed by atoms with van der Waals surface area (Å²) < 4.78 is 0. The van der Waals surface area contributed by atoms with Crippen LogP contribution >= 0.6 is 11.3 Å². The van der Waals surface area contributed by atoms with Crippen LogP contribution in [0.4, 0.5) is 5.69 Å². The molecule has 0 aliphatic rings. The molecule has 1 unspecified atom stereocenters. The zero-order valence-corrected chi connectivity index (χ0v) is 13.7. The van der Waals surface area contributed by atoms with E-state index >= 15 is 0 Å². The fraction of sp³-hybridized carbons (Fsp3) is 0.438. The lowest BCUT2D eigenvalue weighted by molar-refractivity contribution is 0.590. The lowest BCUT2D eigenvalue weighted by Crippen LogP contribution is -2.19. The zero-order valence-electron chi connectivity index (χ0n) is 12.9. The molecule has 2 aromatic rings. The summed E-state index contributed by atoms with van der Waals surface area (Å²) in [6.07, 6.45) is 0.942. The van der Waals surface area contributed by atoms with E-state index in [0.717, 1.165) is 12.1 Å². The van der Waals surface area contributed by atoms with Gasteiger partial charge in [-0.05, 0) is 38.6 Å². The predicted molar refractivity (Wildman–Crippen MR) is 87.9 cm³/mol. The van der Waals surface area contributed by atoms with Crippen LogP contribution in [-0.4, -0.2) is 26.1 Å². The van der Waals surface area contributed by atoms with E-state index in [4.69, 9.17) is 0 Å². The van der Waals surface area contributed by atoms with Crippen LogP contribution < -0.4 is 10.2 Å². The van der Waals surface area contributed by atoms with Crippen LogP contribution in [0.3, 0.4) is 0 Å². The van der Waals surface area contributed by atoms with Crippen molar-refractivity contribution in [2.75, 3.05) is 26.0 Å². The molecule has 0 aliphatic carbocycles. The maximum absolute atomic E-state index is 4.64. The smallest absolute Gasteiger partial charge is 0.0949 e. The molecule has 20 heavy (non-hydrogen) atoms. The lowest BCUT2D eigenvalue weighted by Gasteiger charge is -2.18. The van der Waals surface area contributed by atoms with Crippen molar-refractivity contribution in [1.82, 2.24) is 10.3 Å². The van der Waals surface area contributed by atoms with Gasteiger partial charge in [-0.15, -0.1) is 11.3 Å². The van der Waals surface area contributed by atoms with Gasteiger partial charge in [-0.1, -0.05) is 12.1 Å². The van der Waals surface area contributed by atoms with Crippen LogP contribution in [-0.2, 0) is 6.42 Å². The van der Waals surface area contributed by atoms with Crippen LogP contribution in [0.2, 0.25) is 0 Å². The Balaban J connectivity index is 2.15. The maximum Gasteiger partial charge on any atom is 0.0949 e. The lowest BCUT2D eigenvalue weighted by atomic mass is 10.0. The van der Waals surface area contributed by atoms with Crippen molar-refractivity contribution in [3.63, 3.8) is 0 Å². The first-order chi connectivity index (χ1) is 9.51. The number of thiazole rings is 1. The monoisotopic (exact) mass is 289 g/mol. The third-order valence-corrected chi connectivity index (χ3v) is 4.71. The van der Waals surface area contributed by atoms with Crippen molar-refractivity contribution < 1.29 is 0 Å². The highest BCUT2D eigenvalue weighted by Crippen LogP contribution is 2.24. The SMILES string of the molecule is CNC(Cc1nc(C)c(C)s1)c1ccc(N(C)C)cc1. The number of benzene rings is 1. The normalized spacial score (nSPS) is 12.4. The Labute approximate surface area is 125 Å². The molecule has 1 atom stereocenters. The highest BCUT2D eigenvalue weighted by molar-refractivity contribution is 7.11. The summed E-state index contributed by atoms with van der Waals surface area (Å²) in [6, 6.07) is 9.04. The number of anilines is 1. The first-order valence-corrected chi connectivity index (χ1v) is 7.70. The Hall–Kier alpha value is -1.39. The second kappa shape index (κ2) is 6.37. The maximum atomic E-state index is 4.64. The average Bonchev–Trinajstić information content (AvgIpc) is 2.75. The number of rotatable bonds is 5. The van der Waals surface area contributed by atoms with Crippen LogP contribution in [0, 0.1) is 13.8 Å². The van der Waals surface area contributed by atoms with E-state index in [0.29, 0.717) is 6.04 Å². The molecule has 0 radical (unpaired) electrons. The molecule has 2 rings (SSSR count). The standard InChI is InChI=1S/C16H23N3S/c1-11-12(2)20-16(18-11)10-15(17-3)13-6-8-14(9-7-13)19(4)5/h6-9,15,17H,10H2,1-5H3. The first kappa shape index (κ1) is 15.0. The Morgan fingerprint density at radius 1 is 1.20 bits per heavy atom. The molecule has 4 heteroatoms. The molecule has 0 spiro atoms. The van der Waals surface area contributed by atoms with Gasteiger partial charge in [-0.25, -0.2) is 4.98 Å². The van der Waals surface area contributed by atoms with Gasteiger partial charge in [0.1, 0.15) is 0 Å². The molecule has 0 amide bonds. The molecule has 1 aromatic heterocycles. The van der Waals surface area contributed by atoms with Crippen LogP contribution in [0.15, 0.2) is 24.3 Å². The molecule has 0 aliphatic heterocycles. The van der Waals surface area contributed by atoms with Crippen molar-refractivity contribution in [2.24, 2.45) is 0 Å². The van der Waals surface area contributed by atoms with Crippen LogP contribution in [0.1, 0.15) is 27.2 Å². The highest BCUT2D eigenvalue weighted by atomic mass is 32.1. The molecule has 1 heterocycles. The molecule has 1 aromatic carbocycles. The first-order valence-electron chi connectivity index (χ1n) is 6.88. The molecule has 0 fully saturated rings. The van der Waals surface area contributed by atoms with E-state index in [1.807, 2.05) is 7.05 Å². The summed E-state index contributed by atoms with van der Waals surface area (Å²) in [6.45, 7) is 4.21. The van der Waals surface area contributed by atoms with Gasteiger partial charge >= 0.3 is 0 Å². The Morgan fingerprint density at radius 2 is 1.85 bits per heavy atom. The summed E-state index contributed by atoms with van der Waals surface area (Å²) in [4.78, 5) is 8.07. The number of aromatic nitrogens is 1. The van der Waals surface area contributed by atoms with E-state index in [1.54, 1.807) is 11.3 Å². The van der Waals surface area contributed by atoms with Gasteiger partial charge in [0.2, 0.25) is 0 Å². The quantitative estimate of drug-likeness (QED) is 0.915. The number of hydrogen-bond donors (Lipinski definition) is 1. The number of hydrogen-bond acceptors (Lipinski definition) is 4. The van der Waals surface area contributed by atoms with Crippen molar-refractivity contribution >= 4 is 17.0 Å². The van der Waals surface area contributed by atoms with Crippen LogP contribution in [0.5, 0.6) is 0 Å². The molecule has 0 saturated heterocycles. The molecule has 1 N–H and O–H groups in total. The summed E-state index contributed by atoms with van der Waals surface area (Å²) in [5, 5.41) is 4.60. The van der Waals surface area contributed by atoms with E-state index in [-0.39, 0.29) is 0 Å². The number of aryl methyl sites for hydroxylation is 2. The van der Waals surface area contributed by atoms with Crippen LogP contribution in [0.25, 0.3) is 0 Å². The number of nitrogens with zero attached hydrogens (tertiary/aromatic N) is 2. The Morgan fingerprint density at radius 3 is 2.30 bits per heavy atom. The number of likely N-dealkylation sites (N-methyl/N-ethyl adjacent to an activating group) is 1. The van der Waals surface area contributed by atoms with Gasteiger partial charge in [-0.2, -0.15) is 0 Å². The second-order valence-corrected chi connectivity index (χ2v) is 6.57. The van der Waals surface area contributed by atoms with Gasteiger partial charge in [0.05, 0.1) is 10.7 Å². The number of nitrogens with one attached hydrogen (secondary N) is 1. The minimum absolute atomic E-state index is 0.316. The highest BCUT2D eigenvalue weighted by Gasteiger charge is 2.13. The Kier molecular flexibility index (Phi) is 4.78. The summed E-state index contributed by atoms with van der Waals surface area (Å²) in [5.41, 5.74) is 3.69. The molecule has 0 saturated carbocycles. The molecular weight excluding hydrogens is 266 g/mol. The molecule has 0 bridgehead atoms. The van der Waals surface area contributed by atoms with Gasteiger partial charge < -0.3 is 10.2 Å². The van der Waals surface area contributed by atoms with E-state index < -0.39 is 0 Å². The van der Waals surface area contributed by atoms with Crippen molar-refractivity contribution in [2.45, 2.75) is 26.3 Å². The Bertz CT molecular complexity index is 538. The van der Waals surface area contributed by atoms with E-state index in [1.165, 1.54) is 21.1 Å². The van der Waals surface area contributed by atoms with Gasteiger partial charge in [0.15, 0.2) is 0 Å². The zero-order chi connectivity index (χ0) is 14.7. The van der Waals surface area contributed by atoms with Gasteiger partial charge in [-0.3, -0.25) is 0 Å². The fourth-order valence-corrected chi connectivity index (χ4v) is 3.17. The summed E-state index contributed by atoms with van der Waals surface area (Å²) in [5.74, 6) is 0. The second-order valence-electron chi connectivity index (χ2n) is 5.28. The third-order valence-electron chi connectivity index (χ3n) is 3.61. The van der Waals surface area contributed by atoms with Crippen molar-refractivity contribution in [1.29, 1.82) is 0 Å². The summed E-state index contributed by atoms with van der Waals surface area (Å²) in [7, 11) is 6.13. The minimum atomic E-state index is 0.316. The van der Waals surface area contributed by atoms with E-state index in [9.17, 15) is 0 Å². The third kappa shape index (κ3) is 3.38. The van der Waals surface area contributed by atoms with Crippen molar-refractivity contribution in [3.8, 4) is 0 Å². The van der Waals surface area contributed by atoms with Crippen molar-refractivity contribution in [3.05, 3.63) is 45.4 Å². The fourth-order valence-electron chi connectivity index (χ4n) is 2.19. The molecule has 3 nitrogen and oxygen atoms in total. The molecular formula is C16H23N3S. The minimum Gasteiger partial charge on any atom is -0.378 e. The topological polar surface area (TPSA) is 28.2 Å². The van der Waals surface area contributed by atoms with E-state index in [2.05, 4.69) is 67.4 Å². The van der Waals surface area contributed by atoms with Gasteiger partial charge in [0, 0.05) is 37.1 Å². The molecule has 108 valence electrons. The van der Waals surface area contributed by atoms with Gasteiger partial charge in [0.25, 0.3) is 0 Å². The summed E-state index contributed by atoms with van der Waals surface area (Å²) >= 11 is 1.80. The average molecular weight is 289 g/mol.